The lowest BCUT2D eigenvalue weighted by Crippen LogP contribution is -2.40. The Kier molecular flexibility index (Phi) is 4.53. The first-order chi connectivity index (χ1) is 12.5. The third-order valence-corrected chi connectivity index (χ3v) is 4.26. The molecule has 1 aromatic carbocycles. The van der Waals surface area contributed by atoms with Crippen molar-refractivity contribution in [1.29, 1.82) is 0 Å². The van der Waals surface area contributed by atoms with Crippen molar-refractivity contribution in [1.82, 2.24) is 9.88 Å². The van der Waals surface area contributed by atoms with Crippen LogP contribution in [0.2, 0.25) is 0 Å². The summed E-state index contributed by atoms with van der Waals surface area (Å²) >= 11 is 0. The van der Waals surface area contributed by atoms with Crippen molar-refractivity contribution in [2.24, 2.45) is 16.7 Å². The van der Waals surface area contributed by atoms with Gasteiger partial charge in [-0.05, 0) is 24.1 Å². The van der Waals surface area contributed by atoms with Crippen molar-refractivity contribution in [2.45, 2.75) is 13.0 Å². The molecule has 2 heterocycles. The van der Waals surface area contributed by atoms with E-state index in [1.54, 1.807) is 14.2 Å². The molecule has 0 saturated heterocycles. The lowest BCUT2D eigenvalue weighted by Gasteiger charge is -2.24. The molecule has 2 aromatic rings. The maximum absolute atomic E-state index is 12.4. The van der Waals surface area contributed by atoms with Crippen LogP contribution < -0.4 is 31.8 Å². The fourth-order valence-electron chi connectivity index (χ4n) is 2.99. The number of guanidine groups is 1. The Labute approximate surface area is 149 Å². The molecular formula is C17H19N5O4. The number of ether oxygens (including phenoxy) is 2. The minimum atomic E-state index is -0.657. The number of benzene rings is 1. The van der Waals surface area contributed by atoms with Gasteiger partial charge in [-0.2, -0.15) is 0 Å². The highest BCUT2D eigenvalue weighted by molar-refractivity contribution is 6.05. The highest BCUT2D eigenvalue weighted by Gasteiger charge is 2.22. The monoisotopic (exact) mass is 357 g/mol. The van der Waals surface area contributed by atoms with E-state index in [0.29, 0.717) is 23.7 Å². The van der Waals surface area contributed by atoms with E-state index in [9.17, 15) is 9.59 Å². The predicted molar refractivity (Wildman–Crippen MR) is 96.2 cm³/mol. The topological polar surface area (TPSA) is 134 Å². The van der Waals surface area contributed by atoms with Crippen LogP contribution in [0, 0.1) is 0 Å². The molecule has 136 valence electrons. The summed E-state index contributed by atoms with van der Waals surface area (Å²) < 4.78 is 12.5. The second-order valence-corrected chi connectivity index (χ2v) is 5.71. The zero-order valence-corrected chi connectivity index (χ0v) is 14.4. The maximum Gasteiger partial charge on any atom is 0.263 e. The predicted octanol–water partition coefficient (Wildman–Crippen LogP) is 0.00680. The van der Waals surface area contributed by atoms with Gasteiger partial charge in [0.2, 0.25) is 5.96 Å². The van der Waals surface area contributed by atoms with Crippen LogP contribution in [0.4, 0.5) is 0 Å². The molecular weight excluding hydrogens is 338 g/mol. The number of aryl methyl sites for hydroxylation is 2. The highest BCUT2D eigenvalue weighted by Crippen LogP contribution is 2.37. The zero-order valence-electron chi connectivity index (χ0n) is 14.4. The number of amides is 1. The van der Waals surface area contributed by atoms with Gasteiger partial charge in [-0.3, -0.25) is 14.9 Å². The zero-order chi connectivity index (χ0) is 18.8. The smallest absolute Gasteiger partial charge is 0.263 e. The van der Waals surface area contributed by atoms with Gasteiger partial charge in [0.15, 0.2) is 16.9 Å². The number of carbonyl (C=O) groups excluding carboxylic acids is 1. The lowest BCUT2D eigenvalue weighted by atomic mass is 9.96. The number of rotatable bonds is 3. The van der Waals surface area contributed by atoms with E-state index in [-0.39, 0.29) is 11.5 Å². The Morgan fingerprint density at radius 1 is 1.23 bits per heavy atom. The molecule has 0 radical (unpaired) electrons. The van der Waals surface area contributed by atoms with E-state index in [1.165, 1.54) is 12.3 Å². The molecule has 0 fully saturated rings. The number of carbonyl (C=O) groups is 1. The Balaban J connectivity index is 2.09. The number of aromatic nitrogens is 1. The quantitative estimate of drug-likeness (QED) is 0.306. The van der Waals surface area contributed by atoms with Crippen molar-refractivity contribution in [3.8, 4) is 22.8 Å². The van der Waals surface area contributed by atoms with Crippen LogP contribution in [0.1, 0.15) is 15.9 Å². The number of methoxy groups -OCH3 is 2. The number of hydrogen-bond donors (Lipinski definition) is 3. The van der Waals surface area contributed by atoms with Crippen LogP contribution in [-0.2, 0) is 13.0 Å². The van der Waals surface area contributed by atoms with Crippen LogP contribution in [0.5, 0.6) is 11.5 Å². The minimum absolute atomic E-state index is 0.0377. The normalized spacial score (nSPS) is 12.8. The standard InChI is InChI=1S/C17H19N5O4/c1-25-14-5-9-3-4-22-8-11(16(24)20-17(18)21-19)13(23)7-12(22)10(9)6-15(14)26-2/h5-8H,3-4,19H2,1-2H3,(H3,18,20,21,24). The van der Waals surface area contributed by atoms with Gasteiger partial charge in [0, 0.05) is 24.4 Å². The summed E-state index contributed by atoms with van der Waals surface area (Å²) in [6, 6.07) is 5.16. The van der Waals surface area contributed by atoms with E-state index in [1.807, 2.05) is 16.7 Å². The third kappa shape index (κ3) is 2.94. The van der Waals surface area contributed by atoms with Crippen molar-refractivity contribution >= 4 is 11.9 Å². The second-order valence-electron chi connectivity index (χ2n) is 5.71. The Morgan fingerprint density at radius 2 is 1.92 bits per heavy atom. The molecule has 0 bridgehead atoms. The molecule has 26 heavy (non-hydrogen) atoms. The van der Waals surface area contributed by atoms with Gasteiger partial charge in [0.1, 0.15) is 5.56 Å². The van der Waals surface area contributed by atoms with Crippen LogP contribution >= 0.6 is 0 Å². The Morgan fingerprint density at radius 3 is 2.58 bits per heavy atom. The molecule has 0 atom stereocenters. The van der Waals surface area contributed by atoms with Crippen molar-refractivity contribution < 1.29 is 14.3 Å². The fraction of sp³-hybridized carbons (Fsp3) is 0.235. The van der Waals surface area contributed by atoms with Gasteiger partial charge in [-0.15, -0.1) is 5.10 Å². The van der Waals surface area contributed by atoms with Gasteiger partial charge < -0.3 is 25.6 Å². The fourth-order valence-corrected chi connectivity index (χ4v) is 2.99. The van der Waals surface area contributed by atoms with E-state index in [0.717, 1.165) is 17.5 Å². The number of nitrogens with two attached hydrogens (primary N) is 2. The average molecular weight is 357 g/mol. The lowest BCUT2D eigenvalue weighted by molar-refractivity contribution is 0.0974. The summed E-state index contributed by atoms with van der Waals surface area (Å²) in [5, 5.41) is 5.42. The molecule has 5 N–H and O–H groups in total. The van der Waals surface area contributed by atoms with Gasteiger partial charge in [0.25, 0.3) is 5.91 Å². The number of hydrazone groups is 1. The first-order valence-electron chi connectivity index (χ1n) is 7.83. The van der Waals surface area contributed by atoms with Crippen LogP contribution in [0.3, 0.4) is 0 Å². The molecule has 1 aromatic heterocycles. The number of nitrogens with one attached hydrogen (secondary N) is 1. The third-order valence-electron chi connectivity index (χ3n) is 4.26. The number of hydrogen-bond acceptors (Lipinski definition) is 6. The van der Waals surface area contributed by atoms with Crippen LogP contribution in [0.15, 0.2) is 34.3 Å². The van der Waals surface area contributed by atoms with Gasteiger partial charge in [-0.1, -0.05) is 0 Å². The van der Waals surface area contributed by atoms with Crippen molar-refractivity contribution in [3.63, 3.8) is 0 Å². The number of pyridine rings is 1. The molecule has 0 saturated carbocycles. The first kappa shape index (κ1) is 17.3. The van der Waals surface area contributed by atoms with Crippen molar-refractivity contribution in [3.05, 3.63) is 45.7 Å². The van der Waals surface area contributed by atoms with E-state index in [2.05, 4.69) is 10.4 Å². The van der Waals surface area contributed by atoms with Crippen molar-refractivity contribution in [2.75, 3.05) is 14.2 Å². The molecule has 1 amide bonds. The van der Waals surface area contributed by atoms with Crippen LogP contribution in [0.25, 0.3) is 11.3 Å². The average Bonchev–Trinajstić information content (AvgIpc) is 2.65. The minimum Gasteiger partial charge on any atom is -0.493 e. The molecule has 1 aliphatic heterocycles. The Hall–Kier alpha value is -3.49. The summed E-state index contributed by atoms with van der Waals surface area (Å²) in [5.41, 5.74) is 7.52. The molecule has 9 nitrogen and oxygen atoms in total. The van der Waals surface area contributed by atoms with Gasteiger partial charge >= 0.3 is 0 Å². The SMILES string of the molecule is COc1cc2c(cc1OC)-c1cc(=O)c(C(=O)NC(N)=NN)cn1CC2. The van der Waals surface area contributed by atoms with E-state index in [4.69, 9.17) is 21.1 Å². The molecule has 1 aliphatic rings. The Bertz CT molecular complexity index is 964. The van der Waals surface area contributed by atoms with Gasteiger partial charge in [0.05, 0.1) is 19.9 Å². The van der Waals surface area contributed by atoms with E-state index >= 15 is 0 Å². The summed E-state index contributed by atoms with van der Waals surface area (Å²) in [6.07, 6.45) is 2.23. The highest BCUT2D eigenvalue weighted by atomic mass is 16.5. The molecule has 9 heteroatoms. The number of nitrogens with zero attached hydrogens (tertiary/aromatic N) is 2. The molecule has 0 spiro atoms. The summed E-state index contributed by atoms with van der Waals surface area (Å²) in [4.78, 5) is 24.6. The maximum atomic E-state index is 12.4. The summed E-state index contributed by atoms with van der Waals surface area (Å²) in [6.45, 7) is 0.610. The molecule has 0 unspecified atom stereocenters. The summed E-state index contributed by atoms with van der Waals surface area (Å²) in [7, 11) is 3.13. The molecule has 3 rings (SSSR count). The largest absolute Gasteiger partial charge is 0.493 e. The molecule has 0 aliphatic carbocycles. The summed E-state index contributed by atoms with van der Waals surface area (Å²) in [5.74, 6) is 5.28. The number of fused-ring (bicyclic) bond motifs is 3. The van der Waals surface area contributed by atoms with E-state index < -0.39 is 11.3 Å². The van der Waals surface area contributed by atoms with Crippen LogP contribution in [-0.4, -0.2) is 30.7 Å². The second kappa shape index (κ2) is 6.79. The first-order valence-corrected chi connectivity index (χ1v) is 7.83. The van der Waals surface area contributed by atoms with Gasteiger partial charge in [-0.25, -0.2) is 0 Å².